The summed E-state index contributed by atoms with van der Waals surface area (Å²) >= 11 is 5.99. The van der Waals surface area contributed by atoms with Gasteiger partial charge in [0.1, 0.15) is 0 Å². The average molecular weight is 181 g/mol. The third-order valence-corrected chi connectivity index (χ3v) is 2.67. The first kappa shape index (κ1) is 7.81. The predicted octanol–water partition coefficient (Wildman–Crippen LogP) is 2.09. The number of Topliss-reactive ketones (excluding diaryl/α,β-unsaturated/α-hetero) is 1. The highest BCUT2D eigenvalue weighted by molar-refractivity contribution is 6.24. The van der Waals surface area contributed by atoms with E-state index in [2.05, 4.69) is 0 Å². The maximum Gasteiger partial charge on any atom is 0.152 e. The van der Waals surface area contributed by atoms with E-state index in [0.717, 1.165) is 0 Å². The van der Waals surface area contributed by atoms with Gasteiger partial charge in [0.05, 0.1) is 17.2 Å². The van der Waals surface area contributed by atoms with Crippen LogP contribution in [0.1, 0.15) is 0 Å². The van der Waals surface area contributed by atoms with Crippen LogP contribution in [0.4, 0.5) is 0 Å². The maximum atomic E-state index is 11.5. The van der Waals surface area contributed by atoms with Crippen LogP contribution in [0.2, 0.25) is 0 Å². The highest BCUT2D eigenvalue weighted by atomic mass is 35.5. The molecule has 2 heteroatoms. The van der Waals surface area contributed by atoms with E-state index in [1.165, 1.54) is 0 Å². The molecule has 0 spiro atoms. The summed E-state index contributed by atoms with van der Waals surface area (Å²) in [5.74, 6) is 0.0645. The molecule has 3 unspecified atom stereocenters. The summed E-state index contributed by atoms with van der Waals surface area (Å²) < 4.78 is 0. The van der Waals surface area contributed by atoms with Gasteiger partial charge in [0.15, 0.2) is 5.78 Å². The summed E-state index contributed by atoms with van der Waals surface area (Å²) in [6.45, 7) is 0. The molecule has 2 rings (SSSR count). The van der Waals surface area contributed by atoms with Gasteiger partial charge in [-0.15, -0.1) is 11.6 Å². The first-order valence-corrected chi connectivity index (χ1v) is 4.44. The lowest BCUT2D eigenvalue weighted by atomic mass is 9.96. The molecule has 0 heterocycles. The standard InChI is InChI=1S/C10H9ClO/c11-9-4-2-1-3-7-5-6-8(9)10(7)12/h1-9H/b3-1-,4-2-. The minimum Gasteiger partial charge on any atom is -0.298 e. The van der Waals surface area contributed by atoms with Crippen LogP contribution >= 0.6 is 11.6 Å². The van der Waals surface area contributed by atoms with Crippen LogP contribution < -0.4 is 0 Å². The fourth-order valence-electron chi connectivity index (χ4n) is 1.55. The normalized spacial score (nSPS) is 43.8. The zero-order valence-corrected chi connectivity index (χ0v) is 7.24. The number of ketones is 1. The zero-order valence-electron chi connectivity index (χ0n) is 6.48. The number of carbonyl (C=O) groups excluding carboxylic acids is 1. The van der Waals surface area contributed by atoms with Crippen molar-refractivity contribution in [3.63, 3.8) is 0 Å². The molecule has 2 bridgehead atoms. The summed E-state index contributed by atoms with van der Waals surface area (Å²) in [6.07, 6.45) is 11.4. The molecule has 0 amide bonds. The Morgan fingerprint density at radius 3 is 2.67 bits per heavy atom. The molecule has 12 heavy (non-hydrogen) atoms. The molecule has 0 saturated carbocycles. The van der Waals surface area contributed by atoms with E-state index in [0.29, 0.717) is 0 Å². The molecule has 0 N–H and O–H groups in total. The fraction of sp³-hybridized carbons (Fsp3) is 0.300. The van der Waals surface area contributed by atoms with Gasteiger partial charge < -0.3 is 0 Å². The van der Waals surface area contributed by atoms with E-state index < -0.39 is 0 Å². The lowest BCUT2D eigenvalue weighted by Crippen LogP contribution is -2.21. The molecule has 2 aliphatic carbocycles. The molecular weight excluding hydrogens is 172 g/mol. The van der Waals surface area contributed by atoms with E-state index in [4.69, 9.17) is 11.6 Å². The Morgan fingerprint density at radius 1 is 1.08 bits per heavy atom. The topological polar surface area (TPSA) is 17.1 Å². The summed E-state index contributed by atoms with van der Waals surface area (Å²) in [5.41, 5.74) is 0. The van der Waals surface area contributed by atoms with Crippen molar-refractivity contribution in [1.29, 1.82) is 0 Å². The number of allylic oxidation sites excluding steroid dienone is 6. The minimum absolute atomic E-state index is 0.0406. The number of halogens is 1. The number of alkyl halides is 1. The highest BCUT2D eigenvalue weighted by Gasteiger charge is 2.31. The van der Waals surface area contributed by atoms with E-state index >= 15 is 0 Å². The van der Waals surface area contributed by atoms with Gasteiger partial charge in [-0.25, -0.2) is 0 Å². The smallest absolute Gasteiger partial charge is 0.152 e. The molecular formula is C10H9ClO. The van der Waals surface area contributed by atoms with Gasteiger partial charge in [0, 0.05) is 0 Å². The number of rotatable bonds is 0. The molecule has 1 nitrogen and oxygen atoms in total. The van der Waals surface area contributed by atoms with Crippen molar-refractivity contribution < 1.29 is 4.79 Å². The number of carbonyl (C=O) groups is 1. The Bertz CT molecular complexity index is 288. The third-order valence-electron chi connectivity index (χ3n) is 2.25. The molecule has 0 aliphatic heterocycles. The van der Waals surface area contributed by atoms with Crippen molar-refractivity contribution in [3.05, 3.63) is 36.5 Å². The molecule has 0 fully saturated rings. The first-order valence-electron chi connectivity index (χ1n) is 4.00. The van der Waals surface area contributed by atoms with E-state index in [9.17, 15) is 4.79 Å². The van der Waals surface area contributed by atoms with Gasteiger partial charge in [-0.2, -0.15) is 0 Å². The Labute approximate surface area is 76.4 Å². The van der Waals surface area contributed by atoms with Gasteiger partial charge in [0.2, 0.25) is 0 Å². The molecule has 0 radical (unpaired) electrons. The van der Waals surface area contributed by atoms with Gasteiger partial charge in [-0.1, -0.05) is 36.5 Å². The molecule has 3 atom stereocenters. The van der Waals surface area contributed by atoms with Crippen LogP contribution in [0.15, 0.2) is 36.5 Å². The van der Waals surface area contributed by atoms with E-state index in [1.807, 2.05) is 36.5 Å². The first-order chi connectivity index (χ1) is 5.79. The van der Waals surface area contributed by atoms with Gasteiger partial charge >= 0.3 is 0 Å². The molecule has 0 aromatic rings. The van der Waals surface area contributed by atoms with Gasteiger partial charge in [0.25, 0.3) is 0 Å². The monoisotopic (exact) mass is 180 g/mol. The van der Waals surface area contributed by atoms with E-state index in [-0.39, 0.29) is 23.0 Å². The molecule has 0 aromatic carbocycles. The number of hydrogen-bond acceptors (Lipinski definition) is 1. The average Bonchev–Trinajstić information content (AvgIpc) is 2.43. The summed E-state index contributed by atoms with van der Waals surface area (Å²) in [4.78, 5) is 11.5. The zero-order chi connectivity index (χ0) is 8.55. The van der Waals surface area contributed by atoms with Crippen LogP contribution in [-0.2, 0) is 4.79 Å². The third kappa shape index (κ3) is 1.14. The van der Waals surface area contributed by atoms with Crippen LogP contribution in [0.25, 0.3) is 0 Å². The summed E-state index contributed by atoms with van der Waals surface area (Å²) in [7, 11) is 0. The molecule has 0 saturated heterocycles. The quantitative estimate of drug-likeness (QED) is 0.412. The SMILES string of the molecule is O=C1C2C=CC1C(Cl)/C=C\C=C/2. The number of fused-ring (bicyclic) bond motifs is 2. The maximum absolute atomic E-state index is 11.5. The van der Waals surface area contributed by atoms with Crippen molar-refractivity contribution >= 4 is 17.4 Å². The van der Waals surface area contributed by atoms with Crippen LogP contribution in [0, 0.1) is 11.8 Å². The van der Waals surface area contributed by atoms with Gasteiger partial charge in [-0.3, -0.25) is 4.79 Å². The lowest BCUT2D eigenvalue weighted by Gasteiger charge is -2.12. The van der Waals surface area contributed by atoms with Crippen LogP contribution in [0.5, 0.6) is 0 Å². The second-order valence-electron chi connectivity index (χ2n) is 3.05. The molecule has 0 aromatic heterocycles. The number of hydrogen-bond donors (Lipinski definition) is 0. The van der Waals surface area contributed by atoms with Gasteiger partial charge in [-0.05, 0) is 0 Å². The summed E-state index contributed by atoms with van der Waals surface area (Å²) in [6, 6.07) is 0. The molecule has 2 aliphatic rings. The van der Waals surface area contributed by atoms with Crippen molar-refractivity contribution in [1.82, 2.24) is 0 Å². The van der Waals surface area contributed by atoms with Crippen molar-refractivity contribution in [3.8, 4) is 0 Å². The lowest BCUT2D eigenvalue weighted by molar-refractivity contribution is -0.121. The molecule has 62 valence electrons. The highest BCUT2D eigenvalue weighted by Crippen LogP contribution is 2.28. The minimum atomic E-state index is -0.177. The van der Waals surface area contributed by atoms with Crippen molar-refractivity contribution in [2.24, 2.45) is 11.8 Å². The van der Waals surface area contributed by atoms with Crippen molar-refractivity contribution in [2.75, 3.05) is 0 Å². The second kappa shape index (κ2) is 2.91. The Hall–Kier alpha value is -0.820. The van der Waals surface area contributed by atoms with Crippen LogP contribution in [0.3, 0.4) is 0 Å². The Morgan fingerprint density at radius 2 is 1.83 bits per heavy atom. The summed E-state index contributed by atoms with van der Waals surface area (Å²) in [5, 5.41) is -0.177. The van der Waals surface area contributed by atoms with E-state index in [1.54, 1.807) is 0 Å². The Kier molecular flexibility index (Phi) is 1.89. The van der Waals surface area contributed by atoms with Crippen LogP contribution in [-0.4, -0.2) is 11.2 Å². The predicted molar refractivity (Wildman–Crippen MR) is 49.0 cm³/mol. The second-order valence-corrected chi connectivity index (χ2v) is 3.56. The fourth-order valence-corrected chi connectivity index (χ4v) is 1.84. The largest absolute Gasteiger partial charge is 0.298 e. The Balaban J connectivity index is 2.37. The van der Waals surface area contributed by atoms with Crippen molar-refractivity contribution in [2.45, 2.75) is 5.38 Å².